The monoisotopic (exact) mass is 278 g/mol. The molecule has 1 aliphatic rings. The van der Waals surface area contributed by atoms with Crippen molar-refractivity contribution >= 4 is 31.9 Å². The van der Waals surface area contributed by atoms with Crippen molar-refractivity contribution < 1.29 is 9.84 Å². The van der Waals surface area contributed by atoms with Gasteiger partial charge >= 0.3 is 0 Å². The Balaban J connectivity index is 2.78. The van der Waals surface area contributed by atoms with E-state index in [1.54, 1.807) is 0 Å². The topological polar surface area (TPSA) is 32.8 Å². The zero-order chi connectivity index (χ0) is 8.17. The van der Waals surface area contributed by atoms with Crippen molar-refractivity contribution in [1.29, 1.82) is 0 Å². The zero-order valence-electron chi connectivity index (χ0n) is 5.61. The maximum Gasteiger partial charge on any atom is 0.213 e. The molecule has 1 N–H and O–H groups in total. The van der Waals surface area contributed by atoms with Gasteiger partial charge in [-0.3, -0.25) is 0 Å². The molecule has 2 nitrogen and oxygen atoms in total. The van der Waals surface area contributed by atoms with Crippen LogP contribution >= 0.6 is 31.9 Å². The van der Waals surface area contributed by atoms with E-state index >= 15 is 0 Å². The highest BCUT2D eigenvalue weighted by molar-refractivity contribution is 9.13. The molecule has 1 aromatic carbocycles. The Morgan fingerprint density at radius 3 is 2.45 bits per heavy atom. The predicted molar refractivity (Wildman–Crippen MR) is 48.3 cm³/mol. The average molecular weight is 280 g/mol. The van der Waals surface area contributed by atoms with Gasteiger partial charge in [0.2, 0.25) is 5.75 Å². The number of aromatic hydroxyl groups is 1. The second-order valence-electron chi connectivity index (χ2n) is 2.36. The van der Waals surface area contributed by atoms with E-state index in [9.17, 15) is 5.11 Å². The number of phenolic OH excluding ortho intramolecular Hbond substituents is 1. The molecule has 0 spiro atoms. The molecular weight excluding hydrogens is 276 g/mol. The van der Waals surface area contributed by atoms with Crippen molar-refractivity contribution in [2.24, 2.45) is 0 Å². The second-order valence-corrected chi connectivity index (χ2v) is 3.95. The molecule has 58 valence electrons. The van der Waals surface area contributed by atoms with Crippen LogP contribution in [0.25, 0.3) is 0 Å². The van der Waals surface area contributed by atoms with E-state index in [1.165, 1.54) is 0 Å². The molecule has 0 aromatic heterocycles. The molecule has 0 fully saturated rings. The number of hydrogen-bond donors (Lipinski definition) is 1. The van der Waals surface area contributed by atoms with Crippen LogP contribution in [-0.4, -0.2) is 5.11 Å². The van der Waals surface area contributed by atoms with Gasteiger partial charge in [0.15, 0.2) is 11.5 Å². The van der Waals surface area contributed by atoms with Crippen molar-refractivity contribution in [3.63, 3.8) is 0 Å². The standard InChI is InChI=1S/C7H4Br2O2/c1-2-3(8)4(9)5(10)7-6(2)11-7/h10H,1H3. The number of halogens is 2. The summed E-state index contributed by atoms with van der Waals surface area (Å²) >= 11 is 6.56. The average Bonchev–Trinajstić information content (AvgIpc) is 2.76. The molecule has 1 aromatic rings. The number of rotatable bonds is 0. The summed E-state index contributed by atoms with van der Waals surface area (Å²) in [6.07, 6.45) is 0. The van der Waals surface area contributed by atoms with E-state index in [0.29, 0.717) is 10.2 Å². The third-order valence-electron chi connectivity index (χ3n) is 1.65. The lowest BCUT2D eigenvalue weighted by molar-refractivity contribution is 0.460. The molecular formula is C7H4Br2O2. The lowest BCUT2D eigenvalue weighted by Gasteiger charge is -1.97. The van der Waals surface area contributed by atoms with Gasteiger partial charge in [0.05, 0.1) is 4.47 Å². The predicted octanol–water partition coefficient (Wildman–Crippen LogP) is 3.33. The third-order valence-corrected chi connectivity index (χ3v) is 3.95. The Hall–Kier alpha value is -0.220. The van der Waals surface area contributed by atoms with Gasteiger partial charge in [0.25, 0.3) is 0 Å². The maximum atomic E-state index is 9.36. The Labute approximate surface area is 80.4 Å². The van der Waals surface area contributed by atoms with Crippen LogP contribution in [0.4, 0.5) is 0 Å². The first-order valence-electron chi connectivity index (χ1n) is 3.01. The summed E-state index contributed by atoms with van der Waals surface area (Å²) in [5.41, 5.74) is 1.02. The second kappa shape index (κ2) is 2.14. The summed E-state index contributed by atoms with van der Waals surface area (Å²) in [5, 5.41) is 9.36. The van der Waals surface area contributed by atoms with Crippen LogP contribution < -0.4 is 4.74 Å². The van der Waals surface area contributed by atoms with Gasteiger partial charge in [-0.05, 0) is 38.8 Å². The first kappa shape index (κ1) is 7.43. The SMILES string of the molecule is Cc1c(Br)c(Br)c(O)c2c1O2. The number of benzene rings is 1. The minimum Gasteiger partial charge on any atom is -0.503 e. The molecule has 0 unspecified atom stereocenters. The summed E-state index contributed by atoms with van der Waals surface area (Å²) < 4.78 is 6.56. The van der Waals surface area contributed by atoms with Crippen LogP contribution in [0.3, 0.4) is 0 Å². The largest absolute Gasteiger partial charge is 0.503 e. The van der Waals surface area contributed by atoms with Crippen molar-refractivity contribution in [2.45, 2.75) is 6.92 Å². The molecule has 0 bridgehead atoms. The maximum absolute atomic E-state index is 9.36. The van der Waals surface area contributed by atoms with E-state index in [-0.39, 0.29) is 5.75 Å². The lowest BCUT2D eigenvalue weighted by atomic mass is 10.2. The van der Waals surface area contributed by atoms with E-state index < -0.39 is 0 Å². The van der Waals surface area contributed by atoms with Crippen LogP contribution in [-0.2, 0) is 0 Å². The van der Waals surface area contributed by atoms with Gasteiger partial charge in [0, 0.05) is 10.0 Å². The van der Waals surface area contributed by atoms with Crippen LogP contribution in [0.15, 0.2) is 8.95 Å². The third kappa shape index (κ3) is 0.891. The molecule has 1 aliphatic heterocycles. The minimum atomic E-state index is 0.178. The Morgan fingerprint density at radius 2 is 1.82 bits per heavy atom. The zero-order valence-corrected chi connectivity index (χ0v) is 8.78. The van der Waals surface area contributed by atoms with Gasteiger partial charge in [-0.25, -0.2) is 0 Å². The Morgan fingerprint density at radius 1 is 1.18 bits per heavy atom. The van der Waals surface area contributed by atoms with Gasteiger partial charge in [0.1, 0.15) is 0 Å². The highest BCUT2D eigenvalue weighted by atomic mass is 79.9. The number of hydrogen-bond acceptors (Lipinski definition) is 2. The van der Waals surface area contributed by atoms with Gasteiger partial charge in [-0.2, -0.15) is 0 Å². The highest BCUT2D eigenvalue weighted by Crippen LogP contribution is 2.59. The summed E-state index contributed by atoms with van der Waals surface area (Å²) in [6, 6.07) is 0. The van der Waals surface area contributed by atoms with Crippen LogP contribution in [0, 0.1) is 6.92 Å². The molecule has 0 aliphatic carbocycles. The van der Waals surface area contributed by atoms with E-state index in [2.05, 4.69) is 31.9 Å². The molecule has 0 atom stereocenters. The summed E-state index contributed by atoms with van der Waals surface area (Å²) in [6.45, 7) is 1.93. The number of phenols is 1. The fraction of sp³-hybridized carbons (Fsp3) is 0.143. The molecule has 4 heteroatoms. The highest BCUT2D eigenvalue weighted by Gasteiger charge is 2.32. The summed E-state index contributed by atoms with van der Waals surface area (Å²) in [5.74, 6) is 1.56. The molecule has 2 rings (SSSR count). The Kier molecular flexibility index (Phi) is 1.44. The molecule has 1 heterocycles. The fourth-order valence-corrected chi connectivity index (χ4v) is 1.79. The fourth-order valence-electron chi connectivity index (χ4n) is 0.947. The minimum absolute atomic E-state index is 0.178. The van der Waals surface area contributed by atoms with E-state index in [0.717, 1.165) is 15.8 Å². The molecule has 0 amide bonds. The van der Waals surface area contributed by atoms with Crippen LogP contribution in [0.5, 0.6) is 17.2 Å². The lowest BCUT2D eigenvalue weighted by Crippen LogP contribution is -1.72. The first-order chi connectivity index (χ1) is 5.13. The summed E-state index contributed by atoms with van der Waals surface area (Å²) in [4.78, 5) is 0. The number of ether oxygens (including phenoxy) is 1. The quantitative estimate of drug-likeness (QED) is 0.751. The van der Waals surface area contributed by atoms with Gasteiger partial charge in [-0.15, -0.1) is 0 Å². The molecule has 0 radical (unpaired) electrons. The van der Waals surface area contributed by atoms with Gasteiger partial charge < -0.3 is 9.84 Å². The van der Waals surface area contributed by atoms with E-state index in [4.69, 9.17) is 4.74 Å². The smallest absolute Gasteiger partial charge is 0.213 e. The number of fused-ring (bicyclic) bond motifs is 1. The Bertz CT molecular complexity index is 314. The van der Waals surface area contributed by atoms with Gasteiger partial charge in [-0.1, -0.05) is 0 Å². The first-order valence-corrected chi connectivity index (χ1v) is 4.60. The summed E-state index contributed by atoms with van der Waals surface area (Å²) in [7, 11) is 0. The van der Waals surface area contributed by atoms with Crippen molar-refractivity contribution in [3.8, 4) is 17.2 Å². The normalized spacial score (nSPS) is 12.3. The molecule has 0 saturated heterocycles. The van der Waals surface area contributed by atoms with Crippen LogP contribution in [0.2, 0.25) is 0 Å². The van der Waals surface area contributed by atoms with Crippen molar-refractivity contribution in [2.75, 3.05) is 0 Å². The van der Waals surface area contributed by atoms with E-state index in [1.807, 2.05) is 6.92 Å². The molecule has 0 saturated carbocycles. The van der Waals surface area contributed by atoms with Crippen molar-refractivity contribution in [3.05, 3.63) is 14.5 Å². The van der Waals surface area contributed by atoms with Crippen LogP contribution in [0.1, 0.15) is 5.56 Å². The van der Waals surface area contributed by atoms with Crippen molar-refractivity contribution in [1.82, 2.24) is 0 Å². The molecule has 11 heavy (non-hydrogen) atoms.